The molecule has 1 aromatic heterocycles. The highest BCUT2D eigenvalue weighted by Gasteiger charge is 2.27. The predicted octanol–water partition coefficient (Wildman–Crippen LogP) is 5.10. The molecule has 0 aliphatic heterocycles. The van der Waals surface area contributed by atoms with E-state index in [1.807, 2.05) is 91.0 Å². The summed E-state index contributed by atoms with van der Waals surface area (Å²) in [4.78, 5) is 28.6. The Kier molecular flexibility index (Phi) is 7.90. The van der Waals surface area contributed by atoms with Crippen LogP contribution in [0, 0.1) is 11.3 Å². The van der Waals surface area contributed by atoms with Gasteiger partial charge < -0.3 is 14.8 Å². The van der Waals surface area contributed by atoms with Crippen LogP contribution >= 0.6 is 0 Å². The zero-order valence-corrected chi connectivity index (χ0v) is 19.1. The third kappa shape index (κ3) is 6.23. The standard InChI is InChI=1S/C25H34N2O3/c1-16(2)23(15-28)27-24(29)25(6,7)13-12-19-8-9-20-10-11-21(26-22(20)14-19)18(5)30-17(3)4/h8-18,23H,1-7H3,(H,27,29). The van der Waals surface area contributed by atoms with Crippen molar-refractivity contribution in [3.05, 3.63) is 47.7 Å². The first-order valence-corrected chi connectivity index (χ1v) is 10.5. The van der Waals surface area contributed by atoms with Gasteiger partial charge in [-0.25, -0.2) is 0 Å². The first kappa shape index (κ1) is 23.7. The number of aldehydes is 1. The molecule has 0 spiro atoms. The summed E-state index contributed by atoms with van der Waals surface area (Å²) in [6, 6.07) is 9.60. The van der Waals surface area contributed by atoms with Crippen LogP contribution in [0.4, 0.5) is 0 Å². The highest BCUT2D eigenvalue weighted by atomic mass is 16.5. The van der Waals surface area contributed by atoms with E-state index in [0.29, 0.717) is 0 Å². The summed E-state index contributed by atoms with van der Waals surface area (Å²) in [6.45, 7) is 13.5. The number of fused-ring (bicyclic) bond motifs is 1. The maximum absolute atomic E-state index is 12.6. The van der Waals surface area contributed by atoms with E-state index in [-0.39, 0.29) is 24.0 Å². The lowest BCUT2D eigenvalue weighted by Gasteiger charge is -2.24. The van der Waals surface area contributed by atoms with Crippen LogP contribution in [0.2, 0.25) is 0 Å². The van der Waals surface area contributed by atoms with E-state index in [2.05, 4.69) is 5.32 Å². The first-order valence-electron chi connectivity index (χ1n) is 10.5. The number of pyridine rings is 1. The lowest BCUT2D eigenvalue weighted by Crippen LogP contribution is -2.45. The van der Waals surface area contributed by atoms with Gasteiger partial charge in [0.15, 0.2) is 0 Å². The number of nitrogens with zero attached hydrogens (tertiary/aromatic N) is 1. The van der Waals surface area contributed by atoms with E-state index >= 15 is 0 Å². The van der Waals surface area contributed by atoms with Gasteiger partial charge in [0, 0.05) is 5.39 Å². The zero-order chi connectivity index (χ0) is 22.5. The lowest BCUT2D eigenvalue weighted by molar-refractivity contribution is -0.129. The van der Waals surface area contributed by atoms with Crippen LogP contribution in [0.1, 0.15) is 65.8 Å². The number of rotatable bonds is 9. The molecular weight excluding hydrogens is 376 g/mol. The van der Waals surface area contributed by atoms with Gasteiger partial charge in [0.25, 0.3) is 0 Å². The Labute approximate surface area is 179 Å². The average Bonchev–Trinajstić information content (AvgIpc) is 2.68. The van der Waals surface area contributed by atoms with Crippen LogP contribution in [0.5, 0.6) is 0 Å². The molecule has 2 atom stereocenters. The maximum atomic E-state index is 12.6. The molecule has 5 nitrogen and oxygen atoms in total. The number of benzene rings is 1. The molecular formula is C25H34N2O3. The molecule has 0 saturated heterocycles. The van der Waals surface area contributed by atoms with Crippen molar-refractivity contribution in [3.8, 4) is 0 Å². The monoisotopic (exact) mass is 410 g/mol. The number of amides is 1. The van der Waals surface area contributed by atoms with Gasteiger partial charge >= 0.3 is 0 Å². The summed E-state index contributed by atoms with van der Waals surface area (Å²) in [5.74, 6) is -0.125. The molecule has 0 radical (unpaired) electrons. The van der Waals surface area contributed by atoms with Gasteiger partial charge in [-0.1, -0.05) is 44.2 Å². The minimum atomic E-state index is -0.750. The van der Waals surface area contributed by atoms with Gasteiger partial charge in [0.05, 0.1) is 34.9 Å². The number of ether oxygens (including phenoxy) is 1. The molecule has 30 heavy (non-hydrogen) atoms. The lowest BCUT2D eigenvalue weighted by atomic mass is 9.90. The van der Waals surface area contributed by atoms with Crippen LogP contribution in [0.15, 0.2) is 36.4 Å². The van der Waals surface area contributed by atoms with E-state index in [0.717, 1.165) is 28.4 Å². The zero-order valence-electron chi connectivity index (χ0n) is 19.1. The molecule has 1 aromatic carbocycles. The summed E-state index contributed by atoms with van der Waals surface area (Å²) in [6.07, 6.45) is 4.63. The van der Waals surface area contributed by atoms with Crippen LogP contribution in [0.3, 0.4) is 0 Å². The van der Waals surface area contributed by atoms with E-state index in [9.17, 15) is 9.59 Å². The molecule has 0 fully saturated rings. The quantitative estimate of drug-likeness (QED) is 0.584. The minimum absolute atomic E-state index is 0.0501. The van der Waals surface area contributed by atoms with Crippen molar-refractivity contribution >= 4 is 29.2 Å². The van der Waals surface area contributed by atoms with Crippen LogP contribution in [-0.4, -0.2) is 29.3 Å². The summed E-state index contributed by atoms with van der Waals surface area (Å²) in [5, 5.41) is 3.87. The normalized spacial score (nSPS) is 14.4. The minimum Gasteiger partial charge on any atom is -0.370 e. The number of nitrogens with one attached hydrogen (secondary N) is 1. The van der Waals surface area contributed by atoms with Crippen molar-refractivity contribution in [1.82, 2.24) is 10.3 Å². The molecule has 5 heteroatoms. The first-order chi connectivity index (χ1) is 14.0. The molecule has 1 heterocycles. The SMILES string of the molecule is CC(C)OC(C)c1ccc2ccc(C=CC(C)(C)C(=O)NC(C=O)C(C)C)cc2n1. The summed E-state index contributed by atoms with van der Waals surface area (Å²) >= 11 is 0. The van der Waals surface area contributed by atoms with Gasteiger partial charge in [0.2, 0.25) is 5.91 Å². The van der Waals surface area contributed by atoms with Gasteiger partial charge in [-0.15, -0.1) is 0 Å². The second-order valence-electron chi connectivity index (χ2n) is 8.95. The maximum Gasteiger partial charge on any atom is 0.230 e. The fraction of sp³-hybridized carbons (Fsp3) is 0.480. The highest BCUT2D eigenvalue weighted by Crippen LogP contribution is 2.24. The Morgan fingerprint density at radius 2 is 1.77 bits per heavy atom. The highest BCUT2D eigenvalue weighted by molar-refractivity contribution is 5.87. The summed E-state index contributed by atoms with van der Waals surface area (Å²) in [5.41, 5.74) is 1.99. The fourth-order valence-corrected chi connectivity index (χ4v) is 3.03. The largest absolute Gasteiger partial charge is 0.370 e. The Bertz CT molecular complexity index is 916. The van der Waals surface area contributed by atoms with Crippen LogP contribution in [-0.2, 0) is 14.3 Å². The smallest absolute Gasteiger partial charge is 0.230 e. The van der Waals surface area contributed by atoms with Crippen LogP contribution in [0.25, 0.3) is 17.0 Å². The summed E-state index contributed by atoms with van der Waals surface area (Å²) < 4.78 is 5.85. The third-order valence-corrected chi connectivity index (χ3v) is 5.07. The van der Waals surface area contributed by atoms with Crippen molar-refractivity contribution in [2.45, 2.75) is 66.7 Å². The van der Waals surface area contributed by atoms with Gasteiger partial charge in [-0.05, 0) is 58.2 Å². The van der Waals surface area contributed by atoms with Crippen molar-refractivity contribution in [2.75, 3.05) is 0 Å². The fourth-order valence-electron chi connectivity index (χ4n) is 3.03. The van der Waals surface area contributed by atoms with E-state index in [1.165, 1.54) is 0 Å². The van der Waals surface area contributed by atoms with Crippen LogP contribution < -0.4 is 5.32 Å². The number of hydrogen-bond acceptors (Lipinski definition) is 4. The van der Waals surface area contributed by atoms with E-state index in [1.54, 1.807) is 0 Å². The predicted molar refractivity (Wildman–Crippen MR) is 122 cm³/mol. The van der Waals surface area contributed by atoms with Crippen molar-refractivity contribution in [3.63, 3.8) is 0 Å². The van der Waals surface area contributed by atoms with Crippen molar-refractivity contribution < 1.29 is 14.3 Å². The molecule has 0 saturated carbocycles. The number of aromatic nitrogens is 1. The molecule has 1 N–H and O–H groups in total. The van der Waals surface area contributed by atoms with Gasteiger partial charge in [0.1, 0.15) is 6.29 Å². The average molecular weight is 411 g/mol. The Morgan fingerprint density at radius 1 is 1.10 bits per heavy atom. The third-order valence-electron chi connectivity index (χ3n) is 5.07. The molecule has 0 aliphatic carbocycles. The van der Waals surface area contributed by atoms with E-state index in [4.69, 9.17) is 9.72 Å². The van der Waals surface area contributed by atoms with Gasteiger partial charge in [-0.3, -0.25) is 9.78 Å². The number of hydrogen-bond donors (Lipinski definition) is 1. The molecule has 0 aliphatic rings. The van der Waals surface area contributed by atoms with Crippen molar-refractivity contribution in [1.29, 1.82) is 0 Å². The molecule has 2 unspecified atom stereocenters. The molecule has 162 valence electrons. The molecule has 1 amide bonds. The molecule has 2 aromatic rings. The second-order valence-corrected chi connectivity index (χ2v) is 8.95. The number of carbonyl (C=O) groups excluding carboxylic acids is 2. The second kappa shape index (κ2) is 9.98. The topological polar surface area (TPSA) is 68.3 Å². The molecule has 2 rings (SSSR count). The van der Waals surface area contributed by atoms with Crippen molar-refractivity contribution in [2.24, 2.45) is 11.3 Å². The number of carbonyl (C=O) groups is 2. The van der Waals surface area contributed by atoms with E-state index < -0.39 is 11.5 Å². The Morgan fingerprint density at radius 3 is 2.37 bits per heavy atom. The Balaban J connectivity index is 2.22. The van der Waals surface area contributed by atoms with Gasteiger partial charge in [-0.2, -0.15) is 0 Å². The summed E-state index contributed by atoms with van der Waals surface area (Å²) in [7, 11) is 0. The Hall–Kier alpha value is -2.53. The molecule has 0 bridgehead atoms.